The van der Waals surface area contributed by atoms with E-state index >= 15 is 0 Å². The summed E-state index contributed by atoms with van der Waals surface area (Å²) < 4.78 is 12.9. The number of unbranched alkanes of at least 4 members (excludes halogenated alkanes) is 3. The van der Waals surface area contributed by atoms with Gasteiger partial charge < -0.3 is 21.3 Å². The molecule has 152 valence electrons. The van der Waals surface area contributed by atoms with Crippen molar-refractivity contribution < 1.29 is 14.0 Å². The van der Waals surface area contributed by atoms with Gasteiger partial charge in [-0.05, 0) is 56.5 Å². The van der Waals surface area contributed by atoms with Crippen molar-refractivity contribution in [3.05, 3.63) is 30.1 Å². The number of urea groups is 1. The quantitative estimate of drug-likeness (QED) is 0.585. The predicted octanol–water partition coefficient (Wildman–Crippen LogP) is 3.27. The van der Waals surface area contributed by atoms with Gasteiger partial charge in [0.15, 0.2) is 0 Å². The summed E-state index contributed by atoms with van der Waals surface area (Å²) in [4.78, 5) is 26.1. The van der Waals surface area contributed by atoms with Gasteiger partial charge in [-0.1, -0.05) is 12.8 Å². The Hall–Kier alpha value is -1.86. The topological polar surface area (TPSA) is 87.5 Å². The monoisotopic (exact) mass is 400 g/mol. The Balaban J connectivity index is 0.00000364. The zero-order chi connectivity index (χ0) is 18.8. The van der Waals surface area contributed by atoms with Crippen molar-refractivity contribution >= 4 is 30.0 Å². The first-order valence-electron chi connectivity index (χ1n) is 9.39. The highest BCUT2D eigenvalue weighted by Gasteiger charge is 2.23. The average molecular weight is 401 g/mol. The second-order valence-electron chi connectivity index (χ2n) is 6.71. The number of halogens is 2. The number of nitrogens with one attached hydrogen (secondary N) is 2. The van der Waals surface area contributed by atoms with Crippen molar-refractivity contribution in [1.82, 2.24) is 10.2 Å². The van der Waals surface area contributed by atoms with Crippen LogP contribution in [-0.2, 0) is 4.79 Å². The Morgan fingerprint density at radius 1 is 1.07 bits per heavy atom. The minimum atomic E-state index is -0.340. The van der Waals surface area contributed by atoms with Crippen LogP contribution < -0.4 is 16.4 Å². The third-order valence-electron chi connectivity index (χ3n) is 4.63. The number of carbonyl (C=O) groups excluding carboxylic acids is 2. The first-order valence-corrected chi connectivity index (χ1v) is 9.39. The molecule has 0 atom stereocenters. The van der Waals surface area contributed by atoms with Gasteiger partial charge in [0.1, 0.15) is 5.82 Å². The highest BCUT2D eigenvalue weighted by molar-refractivity contribution is 5.89. The van der Waals surface area contributed by atoms with Gasteiger partial charge >= 0.3 is 6.03 Å². The van der Waals surface area contributed by atoms with Gasteiger partial charge in [0.05, 0.1) is 0 Å². The summed E-state index contributed by atoms with van der Waals surface area (Å²) in [5, 5.41) is 5.60. The van der Waals surface area contributed by atoms with Gasteiger partial charge in [0.25, 0.3) is 0 Å². The Morgan fingerprint density at radius 2 is 1.70 bits per heavy atom. The van der Waals surface area contributed by atoms with E-state index in [0.29, 0.717) is 31.7 Å². The molecule has 0 spiro atoms. The number of hydrogen-bond acceptors (Lipinski definition) is 3. The van der Waals surface area contributed by atoms with Crippen molar-refractivity contribution in [3.8, 4) is 0 Å². The Kier molecular flexibility index (Phi) is 10.7. The molecule has 1 heterocycles. The van der Waals surface area contributed by atoms with Crippen LogP contribution in [0.15, 0.2) is 24.3 Å². The molecule has 0 bridgehead atoms. The first kappa shape index (κ1) is 23.2. The van der Waals surface area contributed by atoms with Crippen LogP contribution in [0.25, 0.3) is 0 Å². The van der Waals surface area contributed by atoms with Crippen LogP contribution in [0.4, 0.5) is 14.9 Å². The lowest BCUT2D eigenvalue weighted by Gasteiger charge is -2.32. The summed E-state index contributed by atoms with van der Waals surface area (Å²) in [6.07, 6.45) is 6.14. The van der Waals surface area contributed by atoms with Gasteiger partial charge in [-0.2, -0.15) is 0 Å². The summed E-state index contributed by atoms with van der Waals surface area (Å²) in [6, 6.07) is 5.38. The number of amides is 3. The molecule has 1 aliphatic rings. The standard InChI is InChI=1S/C19H29FN4O2.ClH/c20-15-6-8-16(9-7-15)22-19(26)23-17-10-13-24(14-11-17)18(25)5-3-1-2-4-12-21;/h6-9,17H,1-5,10-14,21H2,(H2,22,23,26);1H. The van der Waals surface area contributed by atoms with E-state index in [4.69, 9.17) is 5.73 Å². The summed E-state index contributed by atoms with van der Waals surface area (Å²) >= 11 is 0. The molecule has 0 saturated carbocycles. The number of benzene rings is 1. The summed E-state index contributed by atoms with van der Waals surface area (Å²) in [7, 11) is 0. The molecule has 8 heteroatoms. The molecule has 1 aliphatic heterocycles. The summed E-state index contributed by atoms with van der Waals surface area (Å²) in [6.45, 7) is 2.05. The van der Waals surface area contributed by atoms with E-state index in [1.165, 1.54) is 24.3 Å². The molecule has 0 aliphatic carbocycles. The molecule has 1 aromatic rings. The molecule has 4 N–H and O–H groups in total. The highest BCUT2D eigenvalue weighted by Crippen LogP contribution is 2.14. The predicted molar refractivity (Wildman–Crippen MR) is 108 cm³/mol. The lowest BCUT2D eigenvalue weighted by atomic mass is 10.0. The SMILES string of the molecule is Cl.NCCCCCCC(=O)N1CCC(NC(=O)Nc2ccc(F)cc2)CC1. The van der Waals surface area contributed by atoms with Gasteiger partial charge in [-0.15, -0.1) is 12.4 Å². The van der Waals surface area contributed by atoms with E-state index in [1.54, 1.807) is 0 Å². The maximum atomic E-state index is 12.9. The number of nitrogens with two attached hydrogens (primary N) is 1. The molecule has 0 radical (unpaired) electrons. The van der Waals surface area contributed by atoms with Crippen LogP contribution in [-0.4, -0.2) is 42.5 Å². The molecule has 1 aromatic carbocycles. The molecule has 0 unspecified atom stereocenters. The minimum Gasteiger partial charge on any atom is -0.343 e. The van der Waals surface area contributed by atoms with Crippen molar-refractivity contribution in [2.75, 3.05) is 25.0 Å². The molecule has 0 aromatic heterocycles. The number of hydrogen-bond donors (Lipinski definition) is 3. The molecule has 2 rings (SSSR count). The highest BCUT2D eigenvalue weighted by atomic mass is 35.5. The summed E-state index contributed by atoms with van der Waals surface area (Å²) in [5.74, 6) is -0.140. The molecule has 6 nitrogen and oxygen atoms in total. The van der Waals surface area contributed by atoms with Crippen LogP contribution in [0.3, 0.4) is 0 Å². The lowest BCUT2D eigenvalue weighted by Crippen LogP contribution is -2.47. The number of piperidine rings is 1. The second kappa shape index (κ2) is 12.5. The number of anilines is 1. The van der Waals surface area contributed by atoms with Crippen molar-refractivity contribution in [2.24, 2.45) is 5.73 Å². The number of carbonyl (C=O) groups is 2. The first-order chi connectivity index (χ1) is 12.6. The zero-order valence-electron chi connectivity index (χ0n) is 15.6. The normalized spacial score (nSPS) is 14.4. The fraction of sp³-hybridized carbons (Fsp3) is 0.579. The zero-order valence-corrected chi connectivity index (χ0v) is 16.4. The van der Waals surface area contributed by atoms with Crippen molar-refractivity contribution in [2.45, 2.75) is 51.0 Å². The van der Waals surface area contributed by atoms with Gasteiger partial charge in [0.2, 0.25) is 5.91 Å². The molecule has 3 amide bonds. The average Bonchev–Trinajstić information content (AvgIpc) is 2.64. The Morgan fingerprint density at radius 3 is 2.33 bits per heavy atom. The Labute approximate surface area is 166 Å². The van der Waals surface area contributed by atoms with E-state index in [0.717, 1.165) is 38.5 Å². The molecular formula is C19H30ClFN4O2. The molecule has 1 fully saturated rings. The number of likely N-dealkylation sites (tertiary alicyclic amines) is 1. The number of rotatable bonds is 8. The van der Waals surface area contributed by atoms with Gasteiger partial charge in [-0.25, -0.2) is 9.18 Å². The van der Waals surface area contributed by atoms with Crippen LogP contribution in [0.2, 0.25) is 0 Å². The lowest BCUT2D eigenvalue weighted by molar-refractivity contribution is -0.132. The van der Waals surface area contributed by atoms with Crippen molar-refractivity contribution in [1.29, 1.82) is 0 Å². The largest absolute Gasteiger partial charge is 0.343 e. The maximum Gasteiger partial charge on any atom is 0.319 e. The van der Waals surface area contributed by atoms with Crippen molar-refractivity contribution in [3.63, 3.8) is 0 Å². The maximum absolute atomic E-state index is 12.9. The Bertz CT molecular complexity index is 578. The van der Waals surface area contributed by atoms with E-state index in [-0.39, 0.29) is 36.2 Å². The fourth-order valence-corrected chi connectivity index (χ4v) is 3.09. The smallest absolute Gasteiger partial charge is 0.319 e. The van der Waals surface area contributed by atoms with Crippen LogP contribution in [0, 0.1) is 5.82 Å². The van der Waals surface area contributed by atoms with E-state index < -0.39 is 0 Å². The molecular weight excluding hydrogens is 371 g/mol. The van der Waals surface area contributed by atoms with Crippen LogP contribution in [0.5, 0.6) is 0 Å². The minimum absolute atomic E-state index is 0. The second-order valence-corrected chi connectivity index (χ2v) is 6.71. The summed E-state index contributed by atoms with van der Waals surface area (Å²) in [5.41, 5.74) is 6.01. The van der Waals surface area contributed by atoms with E-state index in [1.807, 2.05) is 4.90 Å². The van der Waals surface area contributed by atoms with E-state index in [9.17, 15) is 14.0 Å². The molecule has 1 saturated heterocycles. The third kappa shape index (κ3) is 8.58. The van der Waals surface area contributed by atoms with Gasteiger partial charge in [-0.3, -0.25) is 4.79 Å². The van der Waals surface area contributed by atoms with E-state index in [2.05, 4.69) is 10.6 Å². The third-order valence-corrected chi connectivity index (χ3v) is 4.63. The fourth-order valence-electron chi connectivity index (χ4n) is 3.09. The van der Waals surface area contributed by atoms with Crippen LogP contribution in [0.1, 0.15) is 44.9 Å². The molecule has 27 heavy (non-hydrogen) atoms. The van der Waals surface area contributed by atoms with Gasteiger partial charge in [0, 0.05) is 31.2 Å². The number of nitrogens with zero attached hydrogens (tertiary/aromatic N) is 1. The van der Waals surface area contributed by atoms with Crippen LogP contribution >= 0.6 is 12.4 Å².